The number of benzene rings is 1. The molecule has 1 amide bonds. The van der Waals surface area contributed by atoms with Crippen molar-refractivity contribution in [3.63, 3.8) is 0 Å². The van der Waals surface area contributed by atoms with Crippen LogP contribution < -0.4 is 5.32 Å². The maximum absolute atomic E-state index is 13.1. The molecular formula is C15H18FN3O2S. The lowest BCUT2D eigenvalue weighted by Gasteiger charge is -2.19. The SMILES string of the molecule is CN(CC(=O)Nc1nc2ccc(F)cc2s1)CC(O)C1CC1. The second kappa shape index (κ2) is 6.28. The monoisotopic (exact) mass is 323 g/mol. The van der Waals surface area contributed by atoms with Crippen LogP contribution in [0.3, 0.4) is 0 Å². The second-order valence-corrected chi connectivity index (χ2v) is 6.81. The molecule has 0 radical (unpaired) electrons. The third-order valence-corrected chi connectivity index (χ3v) is 4.61. The second-order valence-electron chi connectivity index (χ2n) is 5.78. The van der Waals surface area contributed by atoms with Gasteiger partial charge in [0.1, 0.15) is 5.82 Å². The van der Waals surface area contributed by atoms with Gasteiger partial charge in [0.05, 0.1) is 22.9 Å². The molecule has 22 heavy (non-hydrogen) atoms. The smallest absolute Gasteiger partial charge is 0.240 e. The van der Waals surface area contributed by atoms with Gasteiger partial charge in [-0.1, -0.05) is 11.3 Å². The van der Waals surface area contributed by atoms with Crippen LogP contribution in [0.4, 0.5) is 9.52 Å². The third-order valence-electron chi connectivity index (χ3n) is 3.68. The third kappa shape index (κ3) is 3.79. The van der Waals surface area contributed by atoms with E-state index in [1.807, 2.05) is 0 Å². The van der Waals surface area contributed by atoms with E-state index in [0.29, 0.717) is 27.8 Å². The summed E-state index contributed by atoms with van der Waals surface area (Å²) in [5, 5.41) is 13.0. The van der Waals surface area contributed by atoms with Gasteiger partial charge in [-0.2, -0.15) is 0 Å². The molecule has 0 aliphatic heterocycles. The van der Waals surface area contributed by atoms with Gasteiger partial charge >= 0.3 is 0 Å². The van der Waals surface area contributed by atoms with Crippen LogP contribution in [0, 0.1) is 11.7 Å². The minimum absolute atomic E-state index is 0.189. The van der Waals surface area contributed by atoms with Gasteiger partial charge in [-0.05, 0) is 44.0 Å². The molecule has 0 saturated heterocycles. The van der Waals surface area contributed by atoms with Crippen LogP contribution in [0.25, 0.3) is 10.2 Å². The van der Waals surface area contributed by atoms with Crippen LogP contribution in [-0.4, -0.2) is 47.1 Å². The molecular weight excluding hydrogens is 305 g/mol. The van der Waals surface area contributed by atoms with Crippen molar-refractivity contribution in [1.29, 1.82) is 0 Å². The van der Waals surface area contributed by atoms with Crippen molar-refractivity contribution in [3.8, 4) is 0 Å². The highest BCUT2D eigenvalue weighted by atomic mass is 32.1. The average molecular weight is 323 g/mol. The summed E-state index contributed by atoms with van der Waals surface area (Å²) in [6.45, 7) is 0.678. The van der Waals surface area contributed by atoms with E-state index in [1.165, 1.54) is 23.5 Å². The topological polar surface area (TPSA) is 65.5 Å². The molecule has 3 rings (SSSR count). The van der Waals surface area contributed by atoms with Crippen molar-refractivity contribution in [1.82, 2.24) is 9.88 Å². The Hall–Kier alpha value is -1.57. The number of likely N-dealkylation sites (N-methyl/N-ethyl adjacent to an activating group) is 1. The normalized spacial score (nSPS) is 16.2. The van der Waals surface area contributed by atoms with Gasteiger partial charge in [0.2, 0.25) is 5.91 Å². The Labute approximate surface area is 131 Å². The maximum atomic E-state index is 13.1. The average Bonchev–Trinajstić information content (AvgIpc) is 3.20. The first-order valence-electron chi connectivity index (χ1n) is 7.24. The number of nitrogens with one attached hydrogen (secondary N) is 1. The van der Waals surface area contributed by atoms with Crippen LogP contribution >= 0.6 is 11.3 Å². The summed E-state index contributed by atoms with van der Waals surface area (Å²) in [7, 11) is 1.80. The van der Waals surface area contributed by atoms with Crippen LogP contribution in [0.2, 0.25) is 0 Å². The number of aromatic nitrogens is 1. The number of fused-ring (bicyclic) bond motifs is 1. The van der Waals surface area contributed by atoms with Crippen LogP contribution in [-0.2, 0) is 4.79 Å². The Morgan fingerprint density at radius 2 is 2.36 bits per heavy atom. The van der Waals surface area contributed by atoms with Crippen LogP contribution in [0.1, 0.15) is 12.8 Å². The highest BCUT2D eigenvalue weighted by Crippen LogP contribution is 2.32. The molecule has 1 saturated carbocycles. The molecule has 1 aliphatic rings. The molecule has 0 bridgehead atoms. The van der Waals surface area contributed by atoms with Gasteiger partial charge in [0, 0.05) is 6.54 Å². The Balaban J connectivity index is 1.55. The number of aliphatic hydroxyl groups excluding tert-OH is 1. The number of anilines is 1. The Morgan fingerprint density at radius 1 is 1.59 bits per heavy atom. The summed E-state index contributed by atoms with van der Waals surface area (Å²) in [6.07, 6.45) is 1.79. The number of aliphatic hydroxyl groups is 1. The molecule has 1 aliphatic carbocycles. The van der Waals surface area contributed by atoms with Gasteiger partial charge in [-0.3, -0.25) is 9.69 Å². The largest absolute Gasteiger partial charge is 0.392 e. The van der Waals surface area contributed by atoms with Gasteiger partial charge in [0.15, 0.2) is 5.13 Å². The number of hydrogen-bond donors (Lipinski definition) is 2. The molecule has 1 atom stereocenters. The number of carbonyl (C=O) groups is 1. The molecule has 118 valence electrons. The fourth-order valence-corrected chi connectivity index (χ4v) is 3.28. The molecule has 5 nitrogen and oxygen atoms in total. The fraction of sp³-hybridized carbons (Fsp3) is 0.467. The van der Waals surface area contributed by atoms with E-state index in [4.69, 9.17) is 0 Å². The molecule has 1 aromatic heterocycles. The van der Waals surface area contributed by atoms with E-state index >= 15 is 0 Å². The number of hydrogen-bond acceptors (Lipinski definition) is 5. The minimum Gasteiger partial charge on any atom is -0.392 e. The Morgan fingerprint density at radius 3 is 3.09 bits per heavy atom. The molecule has 1 unspecified atom stereocenters. The molecule has 1 aromatic carbocycles. The first kappa shape index (κ1) is 15.3. The summed E-state index contributed by atoms with van der Waals surface area (Å²) in [5.41, 5.74) is 0.666. The predicted octanol–water partition coefficient (Wildman–Crippen LogP) is 2.08. The maximum Gasteiger partial charge on any atom is 0.240 e. The molecule has 1 fully saturated rings. The lowest BCUT2D eigenvalue weighted by atomic mass is 10.2. The Bertz CT molecular complexity index is 686. The van der Waals surface area contributed by atoms with Crippen LogP contribution in [0.15, 0.2) is 18.2 Å². The van der Waals surface area contributed by atoms with Crippen molar-refractivity contribution in [2.75, 3.05) is 25.5 Å². The van der Waals surface area contributed by atoms with E-state index in [-0.39, 0.29) is 24.4 Å². The number of carbonyl (C=O) groups excluding carboxylic acids is 1. The van der Waals surface area contributed by atoms with E-state index in [2.05, 4.69) is 10.3 Å². The number of nitrogens with zero attached hydrogens (tertiary/aromatic N) is 2. The minimum atomic E-state index is -0.358. The zero-order chi connectivity index (χ0) is 15.7. The van der Waals surface area contributed by atoms with Crippen molar-refractivity contribution >= 4 is 32.6 Å². The van der Waals surface area contributed by atoms with Crippen LogP contribution in [0.5, 0.6) is 0 Å². The van der Waals surface area contributed by atoms with Gasteiger partial charge in [-0.25, -0.2) is 9.37 Å². The molecule has 7 heteroatoms. The van der Waals surface area contributed by atoms with E-state index in [0.717, 1.165) is 12.8 Å². The van der Waals surface area contributed by atoms with E-state index < -0.39 is 0 Å². The highest BCUT2D eigenvalue weighted by Gasteiger charge is 2.30. The lowest BCUT2D eigenvalue weighted by Crippen LogP contribution is -2.36. The fourth-order valence-electron chi connectivity index (χ4n) is 2.37. The van der Waals surface area contributed by atoms with Crippen molar-refractivity contribution in [3.05, 3.63) is 24.0 Å². The summed E-state index contributed by atoms with van der Waals surface area (Å²) >= 11 is 1.24. The zero-order valence-corrected chi connectivity index (χ0v) is 13.1. The standard InChI is InChI=1S/C15H18FN3O2S/c1-19(7-12(20)9-2-3-9)8-14(21)18-15-17-11-5-4-10(16)6-13(11)22-15/h4-6,9,12,20H,2-3,7-8H2,1H3,(H,17,18,21). The Kier molecular flexibility index (Phi) is 4.37. The van der Waals surface area contributed by atoms with E-state index in [9.17, 15) is 14.3 Å². The van der Waals surface area contributed by atoms with E-state index in [1.54, 1.807) is 18.0 Å². The first-order valence-corrected chi connectivity index (χ1v) is 8.05. The summed E-state index contributed by atoms with van der Waals surface area (Å²) in [5.74, 6) is -0.113. The molecule has 2 aromatic rings. The number of amides is 1. The van der Waals surface area contributed by atoms with Gasteiger partial charge < -0.3 is 10.4 Å². The molecule has 0 spiro atoms. The molecule has 2 N–H and O–H groups in total. The summed E-state index contributed by atoms with van der Waals surface area (Å²) in [6, 6.07) is 4.34. The number of halogens is 1. The first-order chi connectivity index (χ1) is 10.5. The summed E-state index contributed by atoms with van der Waals surface area (Å²) < 4.78 is 13.8. The number of rotatable bonds is 6. The van der Waals surface area contributed by atoms with Crippen molar-refractivity contribution in [2.45, 2.75) is 18.9 Å². The molecule has 1 heterocycles. The van der Waals surface area contributed by atoms with Crippen molar-refractivity contribution in [2.24, 2.45) is 5.92 Å². The highest BCUT2D eigenvalue weighted by molar-refractivity contribution is 7.22. The predicted molar refractivity (Wildman–Crippen MR) is 84.4 cm³/mol. The van der Waals surface area contributed by atoms with Gasteiger partial charge in [0.25, 0.3) is 0 Å². The van der Waals surface area contributed by atoms with Gasteiger partial charge in [-0.15, -0.1) is 0 Å². The lowest BCUT2D eigenvalue weighted by molar-refractivity contribution is -0.117. The number of thiazole rings is 1. The quantitative estimate of drug-likeness (QED) is 0.854. The zero-order valence-electron chi connectivity index (χ0n) is 12.3. The summed E-state index contributed by atoms with van der Waals surface area (Å²) in [4.78, 5) is 18.0. The van der Waals surface area contributed by atoms with Crippen molar-refractivity contribution < 1.29 is 14.3 Å².